The van der Waals surface area contributed by atoms with E-state index >= 15 is 0 Å². The van der Waals surface area contributed by atoms with Gasteiger partial charge in [0, 0.05) is 38.2 Å². The van der Waals surface area contributed by atoms with Crippen LogP contribution in [-0.2, 0) is 16.0 Å². The minimum atomic E-state index is -1.000. The summed E-state index contributed by atoms with van der Waals surface area (Å²) >= 11 is 0. The number of nitriles is 1. The third-order valence-electron chi connectivity index (χ3n) is 3.14. The first-order valence-electron chi connectivity index (χ1n) is 7.31. The van der Waals surface area contributed by atoms with E-state index in [4.69, 9.17) is 10.4 Å². The molecule has 1 rings (SSSR count). The fourth-order valence-electron chi connectivity index (χ4n) is 1.84. The Morgan fingerprint density at radius 3 is 2.70 bits per heavy atom. The number of rotatable bonds is 9. The molecule has 0 radical (unpaired) electrons. The van der Waals surface area contributed by atoms with Gasteiger partial charge in [0.25, 0.3) is 5.91 Å². The second-order valence-corrected chi connectivity index (χ2v) is 4.79. The van der Waals surface area contributed by atoms with Crippen LogP contribution in [-0.4, -0.2) is 46.5 Å². The van der Waals surface area contributed by atoms with Crippen molar-refractivity contribution < 1.29 is 14.7 Å². The van der Waals surface area contributed by atoms with Gasteiger partial charge in [-0.2, -0.15) is 5.26 Å². The maximum atomic E-state index is 11.9. The number of carbonyl (C=O) groups excluding carboxylic acids is 1. The summed E-state index contributed by atoms with van der Waals surface area (Å²) in [7, 11) is 0. The summed E-state index contributed by atoms with van der Waals surface area (Å²) in [6, 6.07) is 5.69. The molecule has 0 fully saturated rings. The van der Waals surface area contributed by atoms with Crippen LogP contribution in [0.1, 0.15) is 18.9 Å². The first-order valence-corrected chi connectivity index (χ1v) is 7.31. The van der Waals surface area contributed by atoms with Crippen LogP contribution in [0.25, 0.3) is 0 Å². The third kappa shape index (κ3) is 7.09. The van der Waals surface area contributed by atoms with Gasteiger partial charge in [0.05, 0.1) is 6.42 Å². The van der Waals surface area contributed by atoms with Crippen molar-refractivity contribution in [3.8, 4) is 6.07 Å². The van der Waals surface area contributed by atoms with Gasteiger partial charge in [-0.3, -0.25) is 14.6 Å². The van der Waals surface area contributed by atoms with Crippen LogP contribution in [0.15, 0.2) is 36.3 Å². The molecule has 0 aliphatic rings. The number of carbonyl (C=O) groups is 2. The highest BCUT2D eigenvalue weighted by Gasteiger charge is 2.11. The first-order chi connectivity index (χ1) is 11.1. The molecule has 0 saturated heterocycles. The maximum absolute atomic E-state index is 11.9. The minimum Gasteiger partial charge on any atom is -0.481 e. The number of aliphatic carboxylic acids is 1. The molecule has 0 unspecified atom stereocenters. The van der Waals surface area contributed by atoms with E-state index in [1.165, 1.54) is 6.20 Å². The van der Waals surface area contributed by atoms with E-state index in [1.807, 2.05) is 30.0 Å². The van der Waals surface area contributed by atoms with E-state index in [9.17, 15) is 9.59 Å². The highest BCUT2D eigenvalue weighted by Crippen LogP contribution is 2.03. The smallest absolute Gasteiger partial charge is 0.305 e. The number of aromatic nitrogens is 1. The number of hydrogen-bond acceptors (Lipinski definition) is 5. The van der Waals surface area contributed by atoms with E-state index in [0.717, 1.165) is 12.0 Å². The molecule has 1 aromatic heterocycles. The number of carboxylic acids is 1. The standard InChI is InChI=1S/C16H20N4O3/c1-2-20(10-6-13-3-7-18-8-4-13)12-14(11-17)16(23)19-9-5-15(21)22/h3-4,7-8,12H,2,5-6,9-10H2,1H3,(H,19,23)(H,21,22)/b14-12-. The molecule has 0 atom stereocenters. The SMILES string of the molecule is CCN(/C=C(/C#N)C(=O)NCCC(=O)O)CCc1ccncc1. The highest BCUT2D eigenvalue weighted by atomic mass is 16.4. The van der Waals surface area contributed by atoms with E-state index in [-0.39, 0.29) is 18.5 Å². The average molecular weight is 316 g/mol. The fourth-order valence-corrected chi connectivity index (χ4v) is 1.84. The second kappa shape index (κ2) is 9.95. The van der Waals surface area contributed by atoms with Crippen LogP contribution >= 0.6 is 0 Å². The molecule has 7 heteroatoms. The first kappa shape index (κ1) is 18.2. The number of amides is 1. The van der Waals surface area contributed by atoms with Gasteiger partial charge < -0.3 is 15.3 Å². The second-order valence-electron chi connectivity index (χ2n) is 4.79. The Kier molecular flexibility index (Phi) is 7.86. The Bertz CT molecular complexity index is 593. The fraction of sp³-hybridized carbons (Fsp3) is 0.375. The summed E-state index contributed by atoms with van der Waals surface area (Å²) in [5, 5.41) is 20.1. The van der Waals surface area contributed by atoms with Gasteiger partial charge in [-0.05, 0) is 31.0 Å². The molecule has 0 aliphatic heterocycles. The summed E-state index contributed by atoms with van der Waals surface area (Å²) in [6.07, 6.45) is 5.55. The number of hydrogen-bond donors (Lipinski definition) is 2. The molecule has 0 bridgehead atoms. The number of likely N-dealkylation sites (N-methyl/N-ethyl adjacent to an activating group) is 1. The van der Waals surface area contributed by atoms with Crippen molar-refractivity contribution in [3.05, 3.63) is 41.9 Å². The molecule has 7 nitrogen and oxygen atoms in total. The topological polar surface area (TPSA) is 106 Å². The van der Waals surface area contributed by atoms with Crippen molar-refractivity contribution in [1.82, 2.24) is 15.2 Å². The summed E-state index contributed by atoms with van der Waals surface area (Å²) < 4.78 is 0. The van der Waals surface area contributed by atoms with Gasteiger partial charge in [0.15, 0.2) is 0 Å². The molecule has 1 aromatic rings. The largest absolute Gasteiger partial charge is 0.481 e. The Balaban J connectivity index is 2.60. The number of pyridine rings is 1. The number of nitrogens with one attached hydrogen (secondary N) is 1. The van der Waals surface area contributed by atoms with Crippen molar-refractivity contribution in [3.63, 3.8) is 0 Å². The molecule has 2 N–H and O–H groups in total. The quantitative estimate of drug-likeness (QED) is 0.519. The zero-order chi connectivity index (χ0) is 17.1. The average Bonchev–Trinajstić information content (AvgIpc) is 2.55. The van der Waals surface area contributed by atoms with Gasteiger partial charge in [-0.1, -0.05) is 0 Å². The van der Waals surface area contributed by atoms with Crippen molar-refractivity contribution in [2.45, 2.75) is 19.8 Å². The Morgan fingerprint density at radius 1 is 1.43 bits per heavy atom. The van der Waals surface area contributed by atoms with Gasteiger partial charge >= 0.3 is 5.97 Å². The molecule has 1 heterocycles. The van der Waals surface area contributed by atoms with Crippen molar-refractivity contribution >= 4 is 11.9 Å². The van der Waals surface area contributed by atoms with Crippen LogP contribution in [0.4, 0.5) is 0 Å². The molecular formula is C16H20N4O3. The minimum absolute atomic E-state index is 0.00364. The third-order valence-corrected chi connectivity index (χ3v) is 3.14. The lowest BCUT2D eigenvalue weighted by atomic mass is 10.2. The summed E-state index contributed by atoms with van der Waals surface area (Å²) in [5.74, 6) is -1.56. The molecule has 0 spiro atoms. The van der Waals surface area contributed by atoms with Crippen molar-refractivity contribution in [2.75, 3.05) is 19.6 Å². The Morgan fingerprint density at radius 2 is 2.13 bits per heavy atom. The Hall–Kier alpha value is -2.88. The lowest BCUT2D eigenvalue weighted by molar-refractivity contribution is -0.136. The van der Waals surface area contributed by atoms with Gasteiger partial charge in [-0.15, -0.1) is 0 Å². The number of carboxylic acid groups (broad SMARTS) is 1. The lowest BCUT2D eigenvalue weighted by Crippen LogP contribution is -2.29. The van der Waals surface area contributed by atoms with Crippen LogP contribution < -0.4 is 5.32 Å². The molecule has 1 amide bonds. The molecule has 0 aromatic carbocycles. The molecule has 0 aliphatic carbocycles. The highest BCUT2D eigenvalue weighted by molar-refractivity contribution is 5.97. The predicted molar refractivity (Wildman–Crippen MR) is 84.1 cm³/mol. The molecule has 0 saturated carbocycles. The summed E-state index contributed by atoms with van der Waals surface area (Å²) in [4.78, 5) is 28.1. The molecular weight excluding hydrogens is 296 g/mol. The van der Waals surface area contributed by atoms with Crippen LogP contribution in [0.5, 0.6) is 0 Å². The zero-order valence-electron chi connectivity index (χ0n) is 13.0. The van der Waals surface area contributed by atoms with Gasteiger partial charge in [-0.25, -0.2) is 0 Å². The predicted octanol–water partition coefficient (Wildman–Crippen LogP) is 0.944. The van der Waals surface area contributed by atoms with Crippen LogP contribution in [0.2, 0.25) is 0 Å². The molecule has 23 heavy (non-hydrogen) atoms. The normalized spacial score (nSPS) is 10.7. The lowest BCUT2D eigenvalue weighted by Gasteiger charge is -2.18. The van der Waals surface area contributed by atoms with Crippen molar-refractivity contribution in [2.24, 2.45) is 0 Å². The summed E-state index contributed by atoms with van der Waals surface area (Å²) in [5.41, 5.74) is 1.09. The number of nitrogens with zero attached hydrogens (tertiary/aromatic N) is 3. The molecule has 122 valence electrons. The van der Waals surface area contributed by atoms with E-state index in [2.05, 4.69) is 10.3 Å². The van der Waals surface area contributed by atoms with E-state index in [0.29, 0.717) is 13.1 Å². The van der Waals surface area contributed by atoms with E-state index < -0.39 is 11.9 Å². The van der Waals surface area contributed by atoms with Gasteiger partial charge in [0.1, 0.15) is 11.6 Å². The maximum Gasteiger partial charge on any atom is 0.305 e. The van der Waals surface area contributed by atoms with Crippen molar-refractivity contribution in [1.29, 1.82) is 5.26 Å². The van der Waals surface area contributed by atoms with E-state index in [1.54, 1.807) is 12.4 Å². The Labute approximate surface area is 135 Å². The van der Waals surface area contributed by atoms with Gasteiger partial charge in [0.2, 0.25) is 0 Å². The van der Waals surface area contributed by atoms with Crippen LogP contribution in [0.3, 0.4) is 0 Å². The monoisotopic (exact) mass is 316 g/mol. The van der Waals surface area contributed by atoms with Crippen LogP contribution in [0, 0.1) is 11.3 Å². The zero-order valence-corrected chi connectivity index (χ0v) is 13.0. The summed E-state index contributed by atoms with van der Waals surface area (Å²) in [6.45, 7) is 3.24.